The van der Waals surface area contributed by atoms with Gasteiger partial charge in [0.05, 0.1) is 20.8 Å². The Morgan fingerprint density at radius 3 is 2.28 bits per heavy atom. The summed E-state index contributed by atoms with van der Waals surface area (Å²) >= 11 is 0. The monoisotopic (exact) mass is 464 g/mol. The molecule has 0 radical (unpaired) electrons. The molecule has 0 aliphatic carbocycles. The van der Waals surface area contributed by atoms with Crippen LogP contribution in [-0.4, -0.2) is 83.7 Å². The number of sulfonamides is 1. The third-order valence-corrected chi connectivity index (χ3v) is 6.96. The second-order valence-corrected chi connectivity index (χ2v) is 8.92. The minimum atomic E-state index is -3.79. The highest BCUT2D eigenvalue weighted by Crippen LogP contribution is 2.31. The molecular formula is C22H28N2O7S. The maximum atomic E-state index is 13.1. The molecule has 1 amide bonds. The van der Waals surface area contributed by atoms with Crippen molar-refractivity contribution in [1.82, 2.24) is 9.21 Å². The Morgan fingerprint density at radius 2 is 1.62 bits per heavy atom. The fourth-order valence-electron chi connectivity index (χ4n) is 3.29. The first-order valence-corrected chi connectivity index (χ1v) is 11.6. The number of para-hydroxylation sites is 1. The Kier molecular flexibility index (Phi) is 8.32. The van der Waals surface area contributed by atoms with Crippen LogP contribution in [0, 0.1) is 0 Å². The molecule has 0 atom stereocenters. The van der Waals surface area contributed by atoms with Gasteiger partial charge in [-0.15, -0.1) is 0 Å². The Morgan fingerprint density at radius 1 is 0.906 bits per heavy atom. The van der Waals surface area contributed by atoms with Crippen LogP contribution >= 0.6 is 0 Å². The molecule has 0 aromatic heterocycles. The van der Waals surface area contributed by atoms with Gasteiger partial charge in [0.1, 0.15) is 35.4 Å². The molecule has 3 rings (SSSR count). The van der Waals surface area contributed by atoms with Gasteiger partial charge in [0.2, 0.25) is 15.9 Å². The maximum absolute atomic E-state index is 13.1. The van der Waals surface area contributed by atoms with Gasteiger partial charge in [-0.25, -0.2) is 8.42 Å². The zero-order valence-electron chi connectivity index (χ0n) is 18.2. The summed E-state index contributed by atoms with van der Waals surface area (Å²) in [6, 6.07) is 14.0. The highest BCUT2D eigenvalue weighted by Gasteiger charge is 2.32. The van der Waals surface area contributed by atoms with Gasteiger partial charge in [0.15, 0.2) is 0 Å². The van der Waals surface area contributed by atoms with Crippen molar-refractivity contribution < 1.29 is 32.2 Å². The van der Waals surface area contributed by atoms with Crippen molar-refractivity contribution in [3.05, 3.63) is 48.5 Å². The quantitative estimate of drug-likeness (QED) is 0.493. The molecular weight excluding hydrogens is 436 g/mol. The van der Waals surface area contributed by atoms with E-state index in [1.807, 2.05) is 30.3 Å². The number of hydrogen-bond donors (Lipinski definition) is 0. The molecule has 0 bridgehead atoms. The van der Waals surface area contributed by atoms with Crippen LogP contribution in [0.5, 0.6) is 17.2 Å². The highest BCUT2D eigenvalue weighted by atomic mass is 32.2. The summed E-state index contributed by atoms with van der Waals surface area (Å²) in [6.45, 7) is 1.49. The van der Waals surface area contributed by atoms with Gasteiger partial charge in [-0.1, -0.05) is 18.2 Å². The normalized spacial score (nSPS) is 14.8. The maximum Gasteiger partial charge on any atom is 0.248 e. The second-order valence-electron chi connectivity index (χ2n) is 7.02. The van der Waals surface area contributed by atoms with E-state index < -0.39 is 10.0 Å². The number of amides is 1. The molecule has 2 aromatic rings. The van der Waals surface area contributed by atoms with Crippen LogP contribution in [-0.2, 0) is 19.6 Å². The molecule has 1 heterocycles. The van der Waals surface area contributed by atoms with Crippen molar-refractivity contribution in [2.45, 2.75) is 4.90 Å². The van der Waals surface area contributed by atoms with Gasteiger partial charge in [-0.3, -0.25) is 4.79 Å². The lowest BCUT2D eigenvalue weighted by Gasteiger charge is -2.34. The van der Waals surface area contributed by atoms with E-state index in [2.05, 4.69) is 0 Å². The number of carbonyl (C=O) groups excluding carboxylic acids is 1. The molecule has 2 aromatic carbocycles. The smallest absolute Gasteiger partial charge is 0.248 e. The van der Waals surface area contributed by atoms with Gasteiger partial charge in [-0.05, 0) is 24.3 Å². The Balaban J connectivity index is 1.47. The minimum absolute atomic E-state index is 0.0425. The Labute approximate surface area is 188 Å². The molecule has 0 spiro atoms. The number of rotatable bonds is 10. The minimum Gasteiger partial charge on any atom is -0.497 e. The third-order valence-electron chi connectivity index (χ3n) is 5.05. The molecule has 10 heteroatoms. The molecule has 1 aliphatic heterocycles. The van der Waals surface area contributed by atoms with Crippen LogP contribution in [0.25, 0.3) is 0 Å². The first-order valence-electron chi connectivity index (χ1n) is 10.2. The van der Waals surface area contributed by atoms with Crippen LogP contribution in [0.2, 0.25) is 0 Å². The van der Waals surface area contributed by atoms with E-state index in [-0.39, 0.29) is 55.9 Å². The number of benzene rings is 2. The average molecular weight is 465 g/mol. The van der Waals surface area contributed by atoms with E-state index in [9.17, 15) is 13.2 Å². The first kappa shape index (κ1) is 23.8. The van der Waals surface area contributed by atoms with E-state index in [1.165, 1.54) is 24.6 Å². The SMILES string of the molecule is COc1ccc(OC)c(S(=O)(=O)N2CCN(C(=O)COCCOc3ccccc3)CC2)c1. The predicted octanol–water partition coefficient (Wildman–Crippen LogP) is 1.63. The van der Waals surface area contributed by atoms with E-state index >= 15 is 0 Å². The zero-order valence-corrected chi connectivity index (χ0v) is 19.0. The van der Waals surface area contributed by atoms with E-state index in [4.69, 9.17) is 18.9 Å². The topological polar surface area (TPSA) is 94.6 Å². The van der Waals surface area contributed by atoms with Crippen molar-refractivity contribution in [3.8, 4) is 17.2 Å². The first-order chi connectivity index (χ1) is 15.5. The summed E-state index contributed by atoms with van der Waals surface area (Å²) in [4.78, 5) is 14.0. The van der Waals surface area contributed by atoms with Gasteiger partial charge >= 0.3 is 0 Å². The van der Waals surface area contributed by atoms with E-state index in [1.54, 1.807) is 17.0 Å². The van der Waals surface area contributed by atoms with Crippen molar-refractivity contribution in [3.63, 3.8) is 0 Å². The molecule has 174 valence electrons. The molecule has 0 unspecified atom stereocenters. The molecule has 1 aliphatic rings. The van der Waals surface area contributed by atoms with Gasteiger partial charge in [-0.2, -0.15) is 4.31 Å². The summed E-state index contributed by atoms with van der Waals surface area (Å²) in [5.74, 6) is 1.23. The van der Waals surface area contributed by atoms with Crippen molar-refractivity contribution >= 4 is 15.9 Å². The number of ether oxygens (including phenoxy) is 4. The molecule has 1 saturated heterocycles. The lowest BCUT2D eigenvalue weighted by molar-refractivity contribution is -0.137. The van der Waals surface area contributed by atoms with E-state index in [0.717, 1.165) is 5.75 Å². The van der Waals surface area contributed by atoms with E-state index in [0.29, 0.717) is 12.4 Å². The summed E-state index contributed by atoms with van der Waals surface area (Å²) in [5.41, 5.74) is 0. The predicted molar refractivity (Wildman–Crippen MR) is 118 cm³/mol. The fourth-order valence-corrected chi connectivity index (χ4v) is 4.88. The Bertz CT molecular complexity index is 991. The molecule has 0 saturated carbocycles. The average Bonchev–Trinajstić information content (AvgIpc) is 2.84. The number of hydrogen-bond acceptors (Lipinski definition) is 7. The van der Waals surface area contributed by atoms with Crippen LogP contribution in [0.15, 0.2) is 53.4 Å². The largest absolute Gasteiger partial charge is 0.497 e. The lowest BCUT2D eigenvalue weighted by Crippen LogP contribution is -2.51. The molecule has 1 fully saturated rings. The van der Waals surface area contributed by atoms with Crippen molar-refractivity contribution in [1.29, 1.82) is 0 Å². The van der Waals surface area contributed by atoms with Gasteiger partial charge < -0.3 is 23.8 Å². The van der Waals surface area contributed by atoms with Crippen molar-refractivity contribution in [2.24, 2.45) is 0 Å². The summed E-state index contributed by atoms with van der Waals surface area (Å²) in [5, 5.41) is 0. The summed E-state index contributed by atoms with van der Waals surface area (Å²) in [7, 11) is -0.905. The van der Waals surface area contributed by atoms with Gasteiger partial charge in [0, 0.05) is 32.2 Å². The van der Waals surface area contributed by atoms with Gasteiger partial charge in [0.25, 0.3) is 0 Å². The standard InChI is InChI=1S/C22H28N2O7S/c1-28-19-8-9-20(29-2)21(16-19)32(26,27)24-12-10-23(11-13-24)22(25)17-30-14-15-31-18-6-4-3-5-7-18/h3-9,16H,10-15,17H2,1-2H3. The number of nitrogens with zero attached hydrogens (tertiary/aromatic N) is 2. The molecule has 32 heavy (non-hydrogen) atoms. The van der Waals surface area contributed by atoms with Crippen LogP contribution < -0.4 is 14.2 Å². The summed E-state index contributed by atoms with van der Waals surface area (Å²) in [6.07, 6.45) is 0. The highest BCUT2D eigenvalue weighted by molar-refractivity contribution is 7.89. The van der Waals surface area contributed by atoms with Crippen LogP contribution in [0.4, 0.5) is 0 Å². The second kappa shape index (κ2) is 11.2. The van der Waals surface area contributed by atoms with Crippen LogP contribution in [0.1, 0.15) is 0 Å². The molecule has 0 N–H and O–H groups in total. The van der Waals surface area contributed by atoms with Crippen molar-refractivity contribution in [2.75, 3.05) is 60.2 Å². The zero-order chi connectivity index (χ0) is 23.0. The van der Waals surface area contributed by atoms with Crippen LogP contribution in [0.3, 0.4) is 0 Å². The fraction of sp³-hybridized carbons (Fsp3) is 0.409. The number of piperazine rings is 1. The number of methoxy groups -OCH3 is 2. The lowest BCUT2D eigenvalue weighted by atomic mass is 10.3. The third kappa shape index (κ3) is 5.90. The molecule has 9 nitrogen and oxygen atoms in total. The summed E-state index contributed by atoms with van der Waals surface area (Å²) < 4.78 is 48.9. The Hall–Kier alpha value is -2.82. The number of carbonyl (C=O) groups is 1.